The molecule has 5 nitrogen and oxygen atoms in total. The van der Waals surface area contributed by atoms with Crippen LogP contribution in [0.5, 0.6) is 11.5 Å². The van der Waals surface area contributed by atoms with E-state index in [1.807, 2.05) is 25.1 Å². The third kappa shape index (κ3) is 2.31. The van der Waals surface area contributed by atoms with Gasteiger partial charge in [0.2, 0.25) is 0 Å². The van der Waals surface area contributed by atoms with Gasteiger partial charge in [0.25, 0.3) is 0 Å². The van der Waals surface area contributed by atoms with Crippen LogP contribution < -0.4 is 15.2 Å². The van der Waals surface area contributed by atoms with Crippen LogP contribution in [0.25, 0.3) is 11.1 Å². The molecule has 0 radical (unpaired) electrons. The first-order valence-corrected chi connectivity index (χ1v) is 7.30. The van der Waals surface area contributed by atoms with Gasteiger partial charge in [-0.2, -0.15) is 0 Å². The van der Waals surface area contributed by atoms with Crippen molar-refractivity contribution < 1.29 is 19.0 Å². The molecule has 1 aliphatic rings. The van der Waals surface area contributed by atoms with Crippen LogP contribution in [-0.4, -0.2) is 26.3 Å². The number of rotatable bonds is 2. The highest BCUT2D eigenvalue weighted by atomic mass is 32.1. The van der Waals surface area contributed by atoms with Gasteiger partial charge in [-0.05, 0) is 24.6 Å². The summed E-state index contributed by atoms with van der Waals surface area (Å²) in [5, 5.41) is 0.462. The first-order valence-electron chi connectivity index (χ1n) is 6.49. The van der Waals surface area contributed by atoms with Crippen LogP contribution in [0.15, 0.2) is 18.2 Å². The van der Waals surface area contributed by atoms with Gasteiger partial charge in [-0.3, -0.25) is 0 Å². The first-order chi connectivity index (χ1) is 10.1. The number of thiophene rings is 1. The van der Waals surface area contributed by atoms with Crippen molar-refractivity contribution >= 4 is 22.3 Å². The molecular formula is C15H15NO4S. The Bertz CT molecular complexity index is 708. The summed E-state index contributed by atoms with van der Waals surface area (Å²) in [5.74, 6) is 0.964. The van der Waals surface area contributed by atoms with E-state index in [9.17, 15) is 4.79 Å². The highest BCUT2D eigenvalue weighted by Gasteiger charge is 2.23. The van der Waals surface area contributed by atoms with Crippen LogP contribution in [0.3, 0.4) is 0 Å². The van der Waals surface area contributed by atoms with Gasteiger partial charge in [0.15, 0.2) is 11.5 Å². The Morgan fingerprint density at radius 3 is 2.71 bits per heavy atom. The van der Waals surface area contributed by atoms with E-state index >= 15 is 0 Å². The molecule has 0 atom stereocenters. The van der Waals surface area contributed by atoms with Gasteiger partial charge in [-0.25, -0.2) is 4.79 Å². The van der Waals surface area contributed by atoms with Crippen LogP contribution in [0.1, 0.15) is 15.2 Å². The van der Waals surface area contributed by atoms with Crippen molar-refractivity contribution in [1.82, 2.24) is 0 Å². The van der Waals surface area contributed by atoms with Crippen molar-refractivity contribution in [3.05, 3.63) is 28.6 Å². The summed E-state index contributed by atoms with van der Waals surface area (Å²) in [7, 11) is 1.35. The van der Waals surface area contributed by atoms with E-state index in [0.29, 0.717) is 35.3 Å². The van der Waals surface area contributed by atoms with E-state index in [4.69, 9.17) is 19.9 Å². The molecule has 0 spiro atoms. The summed E-state index contributed by atoms with van der Waals surface area (Å²) in [4.78, 5) is 12.9. The molecule has 6 heteroatoms. The number of esters is 1. The van der Waals surface area contributed by atoms with Crippen LogP contribution >= 0.6 is 11.3 Å². The van der Waals surface area contributed by atoms with Gasteiger partial charge in [-0.1, -0.05) is 6.07 Å². The molecule has 0 bridgehead atoms. The topological polar surface area (TPSA) is 70.8 Å². The Morgan fingerprint density at radius 2 is 2.00 bits per heavy atom. The van der Waals surface area contributed by atoms with E-state index in [-0.39, 0.29) is 0 Å². The number of anilines is 1. The van der Waals surface area contributed by atoms with E-state index < -0.39 is 5.97 Å². The number of nitrogens with two attached hydrogens (primary N) is 1. The molecule has 0 amide bonds. The maximum atomic E-state index is 12.0. The SMILES string of the molecule is COC(=O)c1c(N)sc(C)c1-c1ccc2c(c1)OCCO2. The number of carbonyl (C=O) groups is 1. The second-order valence-corrected chi connectivity index (χ2v) is 5.88. The molecule has 1 aromatic heterocycles. The third-order valence-corrected chi connectivity index (χ3v) is 4.27. The molecule has 21 heavy (non-hydrogen) atoms. The molecule has 3 rings (SSSR count). The number of benzene rings is 1. The zero-order valence-corrected chi connectivity index (χ0v) is 12.6. The maximum absolute atomic E-state index is 12.0. The zero-order chi connectivity index (χ0) is 15.0. The fraction of sp³-hybridized carbons (Fsp3) is 0.267. The lowest BCUT2D eigenvalue weighted by Crippen LogP contribution is -2.15. The molecule has 1 aliphatic heterocycles. The number of carbonyl (C=O) groups excluding carboxylic acids is 1. The van der Waals surface area contributed by atoms with Crippen molar-refractivity contribution in [2.24, 2.45) is 0 Å². The van der Waals surface area contributed by atoms with Crippen molar-refractivity contribution in [2.45, 2.75) is 6.92 Å². The fourth-order valence-electron chi connectivity index (χ4n) is 2.42. The lowest BCUT2D eigenvalue weighted by Gasteiger charge is -2.19. The summed E-state index contributed by atoms with van der Waals surface area (Å²) >= 11 is 1.38. The van der Waals surface area contributed by atoms with Crippen LogP contribution in [0.4, 0.5) is 5.00 Å². The molecule has 0 unspecified atom stereocenters. The van der Waals surface area contributed by atoms with Gasteiger partial charge in [-0.15, -0.1) is 11.3 Å². The molecule has 2 heterocycles. The number of hydrogen-bond donors (Lipinski definition) is 1. The average molecular weight is 305 g/mol. The number of hydrogen-bond acceptors (Lipinski definition) is 6. The Hall–Kier alpha value is -2.21. The minimum absolute atomic E-state index is 0.414. The van der Waals surface area contributed by atoms with E-state index in [1.54, 1.807) is 0 Å². The lowest BCUT2D eigenvalue weighted by atomic mass is 10.0. The standard InChI is InChI=1S/C15H15NO4S/c1-8-12(13(14(16)21-8)15(17)18-2)9-3-4-10-11(7-9)20-6-5-19-10/h3-4,7H,5-6,16H2,1-2H3. The number of aryl methyl sites for hydroxylation is 1. The molecule has 0 aliphatic carbocycles. The Balaban J connectivity index is 2.14. The summed E-state index contributed by atoms with van der Waals surface area (Å²) in [6.45, 7) is 2.99. The van der Waals surface area contributed by atoms with Crippen molar-refractivity contribution in [1.29, 1.82) is 0 Å². The minimum atomic E-state index is -0.429. The van der Waals surface area contributed by atoms with Gasteiger partial charge in [0, 0.05) is 10.4 Å². The Morgan fingerprint density at radius 1 is 1.29 bits per heavy atom. The summed E-state index contributed by atoms with van der Waals surface area (Å²) in [6, 6.07) is 5.61. The third-order valence-electron chi connectivity index (χ3n) is 3.33. The molecular weight excluding hydrogens is 290 g/mol. The predicted molar refractivity (Wildman–Crippen MR) is 81.2 cm³/mol. The van der Waals surface area contributed by atoms with Crippen molar-refractivity contribution in [3.63, 3.8) is 0 Å². The zero-order valence-electron chi connectivity index (χ0n) is 11.8. The molecule has 2 aromatic rings. The minimum Gasteiger partial charge on any atom is -0.486 e. The van der Waals surface area contributed by atoms with E-state index in [0.717, 1.165) is 16.0 Å². The molecule has 2 N–H and O–H groups in total. The maximum Gasteiger partial charge on any atom is 0.341 e. The fourth-order valence-corrected chi connectivity index (χ4v) is 3.36. The number of methoxy groups -OCH3 is 1. The second kappa shape index (κ2) is 5.29. The van der Waals surface area contributed by atoms with Gasteiger partial charge < -0.3 is 19.9 Å². The Labute approximate surface area is 126 Å². The smallest absolute Gasteiger partial charge is 0.341 e. The quantitative estimate of drug-likeness (QED) is 0.864. The molecule has 0 saturated heterocycles. The lowest BCUT2D eigenvalue weighted by molar-refractivity contribution is 0.0603. The van der Waals surface area contributed by atoms with Crippen LogP contribution in [0, 0.1) is 6.92 Å². The monoisotopic (exact) mass is 305 g/mol. The molecule has 0 fully saturated rings. The van der Waals surface area contributed by atoms with Gasteiger partial charge in [0.1, 0.15) is 23.8 Å². The summed E-state index contributed by atoms with van der Waals surface area (Å²) < 4.78 is 15.9. The van der Waals surface area contributed by atoms with Gasteiger partial charge in [0.05, 0.1) is 7.11 Å². The molecule has 0 saturated carbocycles. The number of fused-ring (bicyclic) bond motifs is 1. The summed E-state index contributed by atoms with van der Waals surface area (Å²) in [5.41, 5.74) is 8.03. The number of ether oxygens (including phenoxy) is 3. The molecule has 110 valence electrons. The number of nitrogen functional groups attached to an aromatic ring is 1. The van der Waals surface area contributed by atoms with Crippen molar-refractivity contribution in [2.75, 3.05) is 26.1 Å². The van der Waals surface area contributed by atoms with E-state index in [1.165, 1.54) is 18.4 Å². The van der Waals surface area contributed by atoms with E-state index in [2.05, 4.69) is 0 Å². The summed E-state index contributed by atoms with van der Waals surface area (Å²) in [6.07, 6.45) is 0. The van der Waals surface area contributed by atoms with Crippen LogP contribution in [-0.2, 0) is 4.74 Å². The second-order valence-electron chi connectivity index (χ2n) is 4.62. The van der Waals surface area contributed by atoms with Crippen molar-refractivity contribution in [3.8, 4) is 22.6 Å². The highest BCUT2D eigenvalue weighted by Crippen LogP contribution is 2.42. The van der Waals surface area contributed by atoms with Crippen LogP contribution in [0.2, 0.25) is 0 Å². The van der Waals surface area contributed by atoms with Gasteiger partial charge >= 0.3 is 5.97 Å². The highest BCUT2D eigenvalue weighted by molar-refractivity contribution is 7.16. The average Bonchev–Trinajstić information content (AvgIpc) is 2.80. The normalized spacial score (nSPS) is 13.0. The first kappa shape index (κ1) is 13.8. The Kier molecular flexibility index (Phi) is 3.47. The predicted octanol–water partition coefficient (Wildman–Crippen LogP) is 2.86. The largest absolute Gasteiger partial charge is 0.486 e. The molecule has 1 aromatic carbocycles.